The minimum atomic E-state index is -4.25. The van der Waals surface area contributed by atoms with E-state index in [-0.39, 0.29) is 13.0 Å². The Morgan fingerprint density at radius 3 is 2.46 bits per heavy atom. The number of hydrogen-bond acceptors (Lipinski definition) is 4. The number of hydrogen-bond donors (Lipinski definition) is 2. The predicted molar refractivity (Wildman–Crippen MR) is 101 cm³/mol. The van der Waals surface area contributed by atoms with Crippen molar-refractivity contribution in [2.45, 2.75) is 39.5 Å². The number of nitrogens with one attached hydrogen (secondary N) is 1. The molecule has 0 atom stereocenters. The predicted octanol–water partition coefficient (Wildman–Crippen LogP) is 4.61. The molecule has 0 spiro atoms. The van der Waals surface area contributed by atoms with E-state index in [4.69, 9.17) is 0 Å². The van der Waals surface area contributed by atoms with Gasteiger partial charge in [0.1, 0.15) is 11.6 Å². The Labute approximate surface area is 160 Å². The standard InChI is InChI=1S/C20H21F3N4O/c1-13-5-3-6-14(2)18(13)27-17(11-16(26-27)8-9-20(21,22)23)25-19-15(12-28)7-4-10-24-19/h3-7,10-11,28H,8-9,12H2,1-2H3,(H,24,25). The van der Waals surface area contributed by atoms with Crippen molar-refractivity contribution >= 4 is 11.6 Å². The molecule has 5 nitrogen and oxygen atoms in total. The van der Waals surface area contributed by atoms with Crippen molar-refractivity contribution in [2.24, 2.45) is 0 Å². The van der Waals surface area contributed by atoms with Gasteiger partial charge in [0.25, 0.3) is 0 Å². The first kappa shape index (κ1) is 19.9. The third-order valence-corrected chi connectivity index (χ3v) is 4.38. The van der Waals surface area contributed by atoms with E-state index >= 15 is 0 Å². The molecule has 3 aromatic rings. The minimum Gasteiger partial charge on any atom is -0.392 e. The average Bonchev–Trinajstić information content (AvgIpc) is 3.02. The van der Waals surface area contributed by atoms with Crippen LogP contribution in [0.4, 0.5) is 24.8 Å². The highest BCUT2D eigenvalue weighted by atomic mass is 19.4. The number of alkyl halides is 3. The van der Waals surface area contributed by atoms with Gasteiger partial charge in [0.15, 0.2) is 0 Å². The third-order valence-electron chi connectivity index (χ3n) is 4.38. The molecule has 0 aliphatic carbocycles. The van der Waals surface area contributed by atoms with E-state index in [0.717, 1.165) is 16.8 Å². The van der Waals surface area contributed by atoms with Crippen LogP contribution in [0.5, 0.6) is 0 Å². The van der Waals surface area contributed by atoms with E-state index < -0.39 is 12.6 Å². The Bertz CT molecular complexity index is 946. The lowest BCUT2D eigenvalue weighted by Gasteiger charge is -2.15. The lowest BCUT2D eigenvalue weighted by molar-refractivity contribution is -0.134. The van der Waals surface area contributed by atoms with Crippen LogP contribution in [0.1, 0.15) is 28.8 Å². The molecule has 0 fully saturated rings. The number of aliphatic hydroxyl groups excluding tert-OH is 1. The molecule has 2 aromatic heterocycles. The Hall–Kier alpha value is -2.87. The number of benzene rings is 1. The summed E-state index contributed by atoms with van der Waals surface area (Å²) >= 11 is 0. The van der Waals surface area contributed by atoms with Crippen molar-refractivity contribution in [3.05, 3.63) is 65.0 Å². The highest BCUT2D eigenvalue weighted by Crippen LogP contribution is 2.28. The van der Waals surface area contributed by atoms with Crippen molar-refractivity contribution in [2.75, 3.05) is 5.32 Å². The maximum absolute atomic E-state index is 12.7. The fourth-order valence-electron chi connectivity index (χ4n) is 3.02. The molecule has 1 aromatic carbocycles. The molecule has 0 aliphatic heterocycles. The fourth-order valence-corrected chi connectivity index (χ4v) is 3.02. The zero-order valence-electron chi connectivity index (χ0n) is 15.6. The molecule has 3 rings (SSSR count). The van der Waals surface area contributed by atoms with Gasteiger partial charge in [-0.05, 0) is 31.0 Å². The summed E-state index contributed by atoms with van der Waals surface area (Å²) in [4.78, 5) is 4.23. The van der Waals surface area contributed by atoms with Crippen LogP contribution in [0.3, 0.4) is 0 Å². The summed E-state index contributed by atoms with van der Waals surface area (Å²) in [5.41, 5.74) is 3.58. The molecule has 0 unspecified atom stereocenters. The molecule has 0 amide bonds. The van der Waals surface area contributed by atoms with Gasteiger partial charge in [-0.15, -0.1) is 0 Å². The van der Waals surface area contributed by atoms with Gasteiger partial charge in [-0.1, -0.05) is 24.3 Å². The third kappa shape index (κ3) is 4.51. The number of para-hydroxylation sites is 1. The van der Waals surface area contributed by atoms with Gasteiger partial charge in [0, 0.05) is 30.7 Å². The average molecular weight is 390 g/mol. The first-order chi connectivity index (χ1) is 13.3. The van der Waals surface area contributed by atoms with Gasteiger partial charge in [0.2, 0.25) is 0 Å². The first-order valence-electron chi connectivity index (χ1n) is 8.82. The lowest BCUT2D eigenvalue weighted by Crippen LogP contribution is -2.10. The van der Waals surface area contributed by atoms with Gasteiger partial charge in [-0.3, -0.25) is 0 Å². The SMILES string of the molecule is Cc1cccc(C)c1-n1nc(CCC(F)(F)F)cc1Nc1ncccc1CO. The minimum absolute atomic E-state index is 0.214. The Balaban J connectivity index is 2.05. The maximum Gasteiger partial charge on any atom is 0.389 e. The number of halogens is 3. The van der Waals surface area contributed by atoms with Crippen LogP contribution in [-0.4, -0.2) is 26.0 Å². The summed E-state index contributed by atoms with van der Waals surface area (Å²) in [5.74, 6) is 0.919. The highest BCUT2D eigenvalue weighted by Gasteiger charge is 2.27. The van der Waals surface area contributed by atoms with Gasteiger partial charge in [0.05, 0.1) is 18.0 Å². The Morgan fingerprint density at radius 1 is 1.11 bits per heavy atom. The molecule has 2 N–H and O–H groups in total. The molecule has 0 bridgehead atoms. The van der Waals surface area contributed by atoms with Crippen LogP contribution in [-0.2, 0) is 13.0 Å². The number of aryl methyl sites for hydroxylation is 3. The molecule has 148 valence electrons. The van der Waals surface area contributed by atoms with Crippen LogP contribution in [0.2, 0.25) is 0 Å². The zero-order chi connectivity index (χ0) is 20.3. The van der Waals surface area contributed by atoms with Crippen molar-refractivity contribution in [3.63, 3.8) is 0 Å². The van der Waals surface area contributed by atoms with E-state index in [1.54, 1.807) is 29.1 Å². The number of nitrogens with zero attached hydrogens (tertiary/aromatic N) is 3. The van der Waals surface area contributed by atoms with Crippen LogP contribution >= 0.6 is 0 Å². The summed E-state index contributed by atoms with van der Waals surface area (Å²) in [7, 11) is 0. The van der Waals surface area contributed by atoms with E-state index in [2.05, 4.69) is 15.4 Å². The number of pyridine rings is 1. The van der Waals surface area contributed by atoms with Crippen LogP contribution < -0.4 is 5.32 Å². The molecule has 2 heterocycles. The van der Waals surface area contributed by atoms with Gasteiger partial charge in [-0.2, -0.15) is 18.3 Å². The monoisotopic (exact) mass is 390 g/mol. The second-order valence-electron chi connectivity index (χ2n) is 6.58. The van der Waals surface area contributed by atoms with Crippen molar-refractivity contribution in [3.8, 4) is 5.69 Å². The first-order valence-corrected chi connectivity index (χ1v) is 8.82. The summed E-state index contributed by atoms with van der Waals surface area (Å²) < 4.78 is 39.6. The van der Waals surface area contributed by atoms with E-state index in [1.807, 2.05) is 32.0 Å². The number of aliphatic hydroxyl groups is 1. The van der Waals surface area contributed by atoms with E-state index in [0.29, 0.717) is 22.9 Å². The van der Waals surface area contributed by atoms with Gasteiger partial charge < -0.3 is 10.4 Å². The van der Waals surface area contributed by atoms with Crippen LogP contribution in [0.25, 0.3) is 5.69 Å². The van der Waals surface area contributed by atoms with Crippen molar-refractivity contribution in [1.82, 2.24) is 14.8 Å². The Kier molecular flexibility index (Phi) is 5.69. The van der Waals surface area contributed by atoms with Gasteiger partial charge in [-0.25, -0.2) is 9.67 Å². The molecular weight excluding hydrogens is 369 g/mol. The maximum atomic E-state index is 12.7. The molecule has 28 heavy (non-hydrogen) atoms. The fraction of sp³-hybridized carbons (Fsp3) is 0.300. The number of aromatic nitrogens is 3. The summed E-state index contributed by atoms with van der Waals surface area (Å²) in [5, 5.41) is 17.1. The van der Waals surface area contributed by atoms with Gasteiger partial charge >= 0.3 is 6.18 Å². The summed E-state index contributed by atoms with van der Waals surface area (Å²) in [6, 6.07) is 10.8. The summed E-state index contributed by atoms with van der Waals surface area (Å²) in [6.45, 7) is 3.63. The van der Waals surface area contributed by atoms with Crippen molar-refractivity contribution < 1.29 is 18.3 Å². The lowest BCUT2D eigenvalue weighted by atomic mass is 10.1. The smallest absolute Gasteiger partial charge is 0.389 e. The molecule has 8 heteroatoms. The molecule has 0 radical (unpaired) electrons. The van der Waals surface area contributed by atoms with E-state index in [1.165, 1.54) is 0 Å². The molecule has 0 saturated carbocycles. The second-order valence-corrected chi connectivity index (χ2v) is 6.58. The normalized spacial score (nSPS) is 11.6. The quantitative estimate of drug-likeness (QED) is 0.645. The van der Waals surface area contributed by atoms with Crippen LogP contribution in [0, 0.1) is 13.8 Å². The van der Waals surface area contributed by atoms with Crippen molar-refractivity contribution in [1.29, 1.82) is 0 Å². The molecule has 0 saturated heterocycles. The molecule has 0 aliphatic rings. The molecular formula is C20H21F3N4O. The van der Waals surface area contributed by atoms with Crippen LogP contribution in [0.15, 0.2) is 42.6 Å². The van der Waals surface area contributed by atoms with E-state index in [9.17, 15) is 18.3 Å². The summed E-state index contributed by atoms with van der Waals surface area (Å²) in [6.07, 6.45) is -3.83. The number of anilines is 2. The highest BCUT2D eigenvalue weighted by molar-refractivity contribution is 5.61. The number of rotatable bonds is 6. The largest absolute Gasteiger partial charge is 0.392 e. The second kappa shape index (κ2) is 8.02. The Morgan fingerprint density at radius 2 is 1.82 bits per heavy atom. The zero-order valence-corrected chi connectivity index (χ0v) is 15.6. The topological polar surface area (TPSA) is 63.0 Å².